The van der Waals surface area contributed by atoms with Crippen LogP contribution >= 0.6 is 0 Å². The lowest BCUT2D eigenvalue weighted by molar-refractivity contribution is -0.0345. The highest BCUT2D eigenvalue weighted by Gasteiger charge is 2.34. The fourth-order valence-corrected chi connectivity index (χ4v) is 3.80. The summed E-state index contributed by atoms with van der Waals surface area (Å²) in [6.45, 7) is 1.92. The van der Waals surface area contributed by atoms with Crippen LogP contribution in [0.2, 0.25) is 0 Å². The molecule has 1 aliphatic rings. The summed E-state index contributed by atoms with van der Waals surface area (Å²) in [5.41, 5.74) is 0.666. The van der Waals surface area contributed by atoms with Crippen molar-refractivity contribution in [1.82, 2.24) is 24.6 Å². The molecule has 1 atom stereocenters. The van der Waals surface area contributed by atoms with Crippen molar-refractivity contribution in [2.24, 2.45) is 7.05 Å². The van der Waals surface area contributed by atoms with E-state index in [0.29, 0.717) is 19.5 Å². The van der Waals surface area contributed by atoms with Crippen LogP contribution in [0.3, 0.4) is 0 Å². The zero-order valence-corrected chi connectivity index (χ0v) is 14.9. The van der Waals surface area contributed by atoms with Crippen molar-refractivity contribution in [1.29, 1.82) is 0 Å². The lowest BCUT2D eigenvalue weighted by Gasteiger charge is -2.39. The first-order valence-electron chi connectivity index (χ1n) is 8.91. The quantitative estimate of drug-likeness (QED) is 0.737. The smallest absolute Gasteiger partial charge is 0.252 e. The number of rotatable bonds is 4. The Hall–Kier alpha value is -2.51. The second-order valence-electron chi connectivity index (χ2n) is 7.28. The van der Waals surface area contributed by atoms with E-state index in [9.17, 15) is 9.90 Å². The molecule has 0 amide bonds. The number of fused-ring (bicyclic) bond motifs is 1. The Kier molecular flexibility index (Phi) is 4.34. The first-order valence-corrected chi connectivity index (χ1v) is 8.91. The SMILES string of the molecule is Cn1cnnc1CC1(O)CCCN(Cc2cc3ccccc3[nH]c2=O)C1. The molecule has 3 aromatic rings. The van der Waals surface area contributed by atoms with Gasteiger partial charge in [-0.15, -0.1) is 10.2 Å². The van der Waals surface area contributed by atoms with Crippen molar-refractivity contribution >= 4 is 10.9 Å². The zero-order valence-electron chi connectivity index (χ0n) is 14.9. The van der Waals surface area contributed by atoms with E-state index < -0.39 is 5.60 Å². The molecule has 1 aromatic carbocycles. The molecule has 2 aromatic heterocycles. The molecule has 26 heavy (non-hydrogen) atoms. The average Bonchev–Trinajstić information content (AvgIpc) is 3.00. The van der Waals surface area contributed by atoms with E-state index in [2.05, 4.69) is 20.1 Å². The van der Waals surface area contributed by atoms with Gasteiger partial charge >= 0.3 is 0 Å². The van der Waals surface area contributed by atoms with Gasteiger partial charge in [-0.2, -0.15) is 0 Å². The third kappa shape index (κ3) is 3.40. The van der Waals surface area contributed by atoms with Crippen LogP contribution in [0.5, 0.6) is 0 Å². The number of aliphatic hydroxyl groups is 1. The van der Waals surface area contributed by atoms with Crippen molar-refractivity contribution in [3.05, 3.63) is 58.4 Å². The van der Waals surface area contributed by atoms with Crippen molar-refractivity contribution < 1.29 is 5.11 Å². The summed E-state index contributed by atoms with van der Waals surface area (Å²) in [5, 5.41) is 20.1. The highest BCUT2D eigenvalue weighted by molar-refractivity contribution is 5.78. The van der Waals surface area contributed by atoms with Gasteiger partial charge in [0.1, 0.15) is 12.2 Å². The van der Waals surface area contributed by atoms with Gasteiger partial charge in [-0.1, -0.05) is 18.2 Å². The highest BCUT2D eigenvalue weighted by atomic mass is 16.3. The predicted octanol–water partition coefficient (Wildman–Crippen LogP) is 1.23. The molecule has 2 N–H and O–H groups in total. The monoisotopic (exact) mass is 353 g/mol. The van der Waals surface area contributed by atoms with E-state index in [1.807, 2.05) is 41.9 Å². The number of piperidine rings is 1. The summed E-state index contributed by atoms with van der Waals surface area (Å²) < 4.78 is 1.84. The number of para-hydroxylation sites is 1. The van der Waals surface area contributed by atoms with Crippen LogP contribution in [0.25, 0.3) is 10.9 Å². The Morgan fingerprint density at radius 2 is 2.19 bits per heavy atom. The van der Waals surface area contributed by atoms with Gasteiger partial charge in [0.15, 0.2) is 0 Å². The van der Waals surface area contributed by atoms with Crippen LogP contribution in [0.4, 0.5) is 0 Å². The first kappa shape index (κ1) is 16.9. The third-order valence-corrected chi connectivity index (χ3v) is 5.15. The minimum absolute atomic E-state index is 0.0638. The Morgan fingerprint density at radius 1 is 1.35 bits per heavy atom. The molecule has 0 radical (unpaired) electrons. The molecule has 0 bridgehead atoms. The number of likely N-dealkylation sites (tertiary alicyclic amines) is 1. The predicted molar refractivity (Wildman–Crippen MR) is 98.7 cm³/mol. The number of pyridine rings is 1. The largest absolute Gasteiger partial charge is 0.388 e. The maximum atomic E-state index is 12.4. The Labute approximate surface area is 151 Å². The first-order chi connectivity index (χ1) is 12.5. The number of hydrogen-bond donors (Lipinski definition) is 2. The van der Waals surface area contributed by atoms with Gasteiger partial charge in [0.2, 0.25) is 0 Å². The molecule has 7 heteroatoms. The van der Waals surface area contributed by atoms with Gasteiger partial charge < -0.3 is 14.7 Å². The fraction of sp³-hybridized carbons (Fsp3) is 0.421. The van der Waals surface area contributed by atoms with Crippen molar-refractivity contribution in [2.45, 2.75) is 31.4 Å². The molecule has 0 saturated carbocycles. The van der Waals surface area contributed by atoms with Crippen molar-refractivity contribution in [3.63, 3.8) is 0 Å². The number of β-amino-alcohol motifs (C(OH)–C–C–N with tert-alkyl or cyclic N) is 1. The minimum atomic E-state index is -0.845. The second kappa shape index (κ2) is 6.66. The molecule has 1 saturated heterocycles. The van der Waals surface area contributed by atoms with Crippen molar-refractivity contribution in [3.8, 4) is 0 Å². The van der Waals surface area contributed by atoms with Gasteiger partial charge in [-0.25, -0.2) is 0 Å². The van der Waals surface area contributed by atoms with Crippen molar-refractivity contribution in [2.75, 3.05) is 13.1 Å². The Bertz CT molecular complexity index is 979. The fourth-order valence-electron chi connectivity index (χ4n) is 3.80. The molecule has 0 aliphatic carbocycles. The van der Waals surface area contributed by atoms with Crippen LogP contribution in [-0.2, 0) is 20.0 Å². The lowest BCUT2D eigenvalue weighted by Crippen LogP contribution is -2.49. The van der Waals surface area contributed by atoms with Gasteiger partial charge in [-0.05, 0) is 36.9 Å². The van der Waals surface area contributed by atoms with E-state index in [0.717, 1.165) is 41.7 Å². The number of aromatic amines is 1. The number of aromatic nitrogens is 4. The summed E-state index contributed by atoms with van der Waals surface area (Å²) in [5.74, 6) is 0.776. The average molecular weight is 353 g/mol. The Morgan fingerprint density at radius 3 is 3.00 bits per heavy atom. The van der Waals surface area contributed by atoms with Crippen LogP contribution in [0.15, 0.2) is 41.5 Å². The number of aryl methyl sites for hydroxylation is 1. The molecule has 3 heterocycles. The summed E-state index contributed by atoms with van der Waals surface area (Å²) in [6.07, 6.45) is 3.73. The molecule has 136 valence electrons. The summed E-state index contributed by atoms with van der Waals surface area (Å²) in [6, 6.07) is 9.72. The third-order valence-electron chi connectivity index (χ3n) is 5.15. The second-order valence-corrected chi connectivity index (χ2v) is 7.28. The zero-order chi connectivity index (χ0) is 18.1. The van der Waals surface area contributed by atoms with E-state index in [1.165, 1.54) is 0 Å². The summed E-state index contributed by atoms with van der Waals surface area (Å²) in [7, 11) is 1.88. The van der Waals surface area contributed by atoms with Gasteiger partial charge in [0.25, 0.3) is 5.56 Å². The van der Waals surface area contributed by atoms with Gasteiger partial charge in [0, 0.05) is 37.6 Å². The van der Waals surface area contributed by atoms with E-state index in [4.69, 9.17) is 0 Å². The number of nitrogens with zero attached hydrogens (tertiary/aromatic N) is 4. The minimum Gasteiger partial charge on any atom is -0.388 e. The van der Waals surface area contributed by atoms with Crippen LogP contribution < -0.4 is 5.56 Å². The Balaban J connectivity index is 1.52. The normalized spacial score (nSPS) is 21.3. The molecular formula is C19H23N5O2. The number of H-pyrrole nitrogens is 1. The van der Waals surface area contributed by atoms with Crippen LogP contribution in [0, 0.1) is 0 Å². The molecule has 1 unspecified atom stereocenters. The molecule has 4 rings (SSSR count). The highest BCUT2D eigenvalue weighted by Crippen LogP contribution is 2.25. The number of hydrogen-bond acceptors (Lipinski definition) is 5. The number of nitrogens with one attached hydrogen (secondary N) is 1. The van der Waals surface area contributed by atoms with Crippen LogP contribution in [-0.4, -0.2) is 48.4 Å². The van der Waals surface area contributed by atoms with E-state index >= 15 is 0 Å². The lowest BCUT2D eigenvalue weighted by atomic mass is 9.89. The maximum Gasteiger partial charge on any atom is 0.252 e. The molecule has 7 nitrogen and oxygen atoms in total. The molecule has 1 aliphatic heterocycles. The van der Waals surface area contributed by atoms with Gasteiger partial charge in [0.05, 0.1) is 5.60 Å². The molecule has 1 fully saturated rings. The molecule has 0 spiro atoms. The summed E-state index contributed by atoms with van der Waals surface area (Å²) >= 11 is 0. The standard InChI is InChI=1S/C19H23N5O2/c1-23-13-20-22-17(23)10-19(26)7-4-8-24(12-19)11-15-9-14-5-2-3-6-16(14)21-18(15)25/h2-3,5-6,9,13,26H,4,7-8,10-12H2,1H3,(H,21,25). The van der Waals surface area contributed by atoms with E-state index in [1.54, 1.807) is 6.33 Å². The van der Waals surface area contributed by atoms with E-state index in [-0.39, 0.29) is 5.56 Å². The number of benzene rings is 1. The molecular weight excluding hydrogens is 330 g/mol. The maximum absolute atomic E-state index is 12.4. The summed E-state index contributed by atoms with van der Waals surface area (Å²) in [4.78, 5) is 17.5. The van der Waals surface area contributed by atoms with Crippen LogP contribution in [0.1, 0.15) is 24.2 Å². The van der Waals surface area contributed by atoms with Gasteiger partial charge in [-0.3, -0.25) is 9.69 Å². The topological polar surface area (TPSA) is 87.0 Å².